The van der Waals surface area contributed by atoms with E-state index in [2.05, 4.69) is 10.1 Å². The van der Waals surface area contributed by atoms with Gasteiger partial charge in [0, 0.05) is 18.7 Å². The Morgan fingerprint density at radius 2 is 2.17 bits per heavy atom. The molecule has 0 radical (unpaired) electrons. The third-order valence-corrected chi connectivity index (χ3v) is 2.33. The van der Waals surface area contributed by atoms with Crippen LogP contribution in [0.2, 0.25) is 0 Å². The van der Waals surface area contributed by atoms with E-state index >= 15 is 0 Å². The third-order valence-electron chi connectivity index (χ3n) is 2.33. The lowest BCUT2D eigenvalue weighted by Crippen LogP contribution is -2.26. The number of hydrogen-bond acceptors (Lipinski definition) is 4. The molecule has 0 spiro atoms. The normalized spacial score (nSPS) is 9.89. The van der Waals surface area contributed by atoms with Gasteiger partial charge < -0.3 is 15.8 Å². The lowest BCUT2D eigenvalue weighted by Gasteiger charge is -2.07. The van der Waals surface area contributed by atoms with E-state index in [0.29, 0.717) is 13.0 Å². The number of nitrogens with two attached hydrogens (primary N) is 1. The van der Waals surface area contributed by atoms with E-state index < -0.39 is 11.7 Å². The summed E-state index contributed by atoms with van der Waals surface area (Å²) in [4.78, 5) is 22.5. The van der Waals surface area contributed by atoms with Crippen LogP contribution in [0.3, 0.4) is 0 Å². The number of nitrogens with one attached hydrogen (secondary N) is 1. The molecule has 5 nitrogen and oxygen atoms in total. The molecule has 0 heterocycles. The van der Waals surface area contributed by atoms with Gasteiger partial charge in [0.05, 0.1) is 12.7 Å². The van der Waals surface area contributed by atoms with Crippen molar-refractivity contribution in [3.63, 3.8) is 0 Å². The molecule has 0 saturated carbocycles. The van der Waals surface area contributed by atoms with Crippen molar-refractivity contribution in [1.82, 2.24) is 5.32 Å². The SMILES string of the molecule is COC(=O)CCCNC(=O)c1cc(F)ccc1N. The molecule has 1 aromatic carbocycles. The van der Waals surface area contributed by atoms with Gasteiger partial charge >= 0.3 is 5.97 Å². The van der Waals surface area contributed by atoms with Crippen LogP contribution in [0.15, 0.2) is 18.2 Å². The highest BCUT2D eigenvalue weighted by molar-refractivity contribution is 5.99. The number of benzene rings is 1. The molecule has 1 aromatic rings. The second-order valence-corrected chi connectivity index (χ2v) is 3.67. The third kappa shape index (κ3) is 4.04. The summed E-state index contributed by atoms with van der Waals surface area (Å²) in [6, 6.07) is 3.59. The lowest BCUT2D eigenvalue weighted by molar-refractivity contribution is -0.140. The van der Waals surface area contributed by atoms with Crippen molar-refractivity contribution in [1.29, 1.82) is 0 Å². The number of rotatable bonds is 5. The summed E-state index contributed by atoms with van der Waals surface area (Å²) in [7, 11) is 1.30. The molecule has 0 aliphatic rings. The molecule has 0 aromatic heterocycles. The molecule has 0 aliphatic carbocycles. The topological polar surface area (TPSA) is 81.4 Å². The fraction of sp³-hybridized carbons (Fsp3) is 0.333. The van der Waals surface area contributed by atoms with Gasteiger partial charge in [0.25, 0.3) is 5.91 Å². The van der Waals surface area contributed by atoms with E-state index in [9.17, 15) is 14.0 Å². The van der Waals surface area contributed by atoms with E-state index in [-0.39, 0.29) is 23.6 Å². The average Bonchev–Trinajstić information content (AvgIpc) is 2.36. The van der Waals surface area contributed by atoms with E-state index in [1.807, 2.05) is 0 Å². The smallest absolute Gasteiger partial charge is 0.305 e. The molecule has 0 aliphatic heterocycles. The predicted octanol–water partition coefficient (Wildman–Crippen LogP) is 1.09. The average molecular weight is 254 g/mol. The summed E-state index contributed by atoms with van der Waals surface area (Å²) in [5.74, 6) is -1.32. The molecule has 0 fully saturated rings. The first-order valence-corrected chi connectivity index (χ1v) is 5.44. The quantitative estimate of drug-likeness (QED) is 0.468. The Balaban J connectivity index is 2.46. The van der Waals surface area contributed by atoms with Crippen molar-refractivity contribution in [3.8, 4) is 0 Å². The minimum atomic E-state index is -0.524. The van der Waals surface area contributed by atoms with Gasteiger partial charge in [0.15, 0.2) is 0 Å². The number of anilines is 1. The van der Waals surface area contributed by atoms with Gasteiger partial charge in [0.1, 0.15) is 5.82 Å². The van der Waals surface area contributed by atoms with Gasteiger partial charge in [-0.15, -0.1) is 0 Å². The van der Waals surface area contributed by atoms with Crippen molar-refractivity contribution in [2.75, 3.05) is 19.4 Å². The lowest BCUT2D eigenvalue weighted by atomic mass is 10.1. The van der Waals surface area contributed by atoms with Gasteiger partial charge in [-0.1, -0.05) is 0 Å². The van der Waals surface area contributed by atoms with Crippen LogP contribution >= 0.6 is 0 Å². The van der Waals surface area contributed by atoms with Crippen LogP contribution in [0.4, 0.5) is 10.1 Å². The van der Waals surface area contributed by atoms with Crippen molar-refractivity contribution in [2.45, 2.75) is 12.8 Å². The zero-order valence-electron chi connectivity index (χ0n) is 10.0. The zero-order chi connectivity index (χ0) is 13.5. The van der Waals surface area contributed by atoms with Crippen LogP contribution in [-0.4, -0.2) is 25.5 Å². The van der Waals surface area contributed by atoms with Gasteiger partial charge in [0.2, 0.25) is 0 Å². The van der Waals surface area contributed by atoms with Crippen LogP contribution in [0.5, 0.6) is 0 Å². The van der Waals surface area contributed by atoms with E-state index in [1.165, 1.54) is 19.2 Å². The summed E-state index contributed by atoms with van der Waals surface area (Å²) in [6.07, 6.45) is 0.670. The van der Waals surface area contributed by atoms with Crippen LogP contribution < -0.4 is 11.1 Å². The second kappa shape index (κ2) is 6.58. The van der Waals surface area contributed by atoms with E-state index in [4.69, 9.17) is 5.73 Å². The maximum Gasteiger partial charge on any atom is 0.305 e. The summed E-state index contributed by atoms with van der Waals surface area (Å²) in [6.45, 7) is 0.296. The standard InChI is InChI=1S/C12H15FN2O3/c1-18-11(16)3-2-6-15-12(17)9-7-8(13)4-5-10(9)14/h4-5,7H,2-3,6,14H2,1H3,(H,15,17). The summed E-state index contributed by atoms with van der Waals surface area (Å²) < 4.78 is 17.4. The molecule has 18 heavy (non-hydrogen) atoms. The van der Waals surface area contributed by atoms with Crippen LogP contribution in [-0.2, 0) is 9.53 Å². The fourth-order valence-corrected chi connectivity index (χ4v) is 1.36. The van der Waals surface area contributed by atoms with E-state index in [1.54, 1.807) is 0 Å². The number of hydrogen-bond donors (Lipinski definition) is 2. The molecule has 0 atom stereocenters. The van der Waals surface area contributed by atoms with Gasteiger partial charge in [-0.25, -0.2) is 4.39 Å². The van der Waals surface area contributed by atoms with Gasteiger partial charge in [-0.2, -0.15) is 0 Å². The molecular formula is C12H15FN2O3. The molecule has 98 valence electrons. The number of amides is 1. The Kier molecular flexibility index (Phi) is 5.10. The summed E-state index contributed by atoms with van der Waals surface area (Å²) in [5.41, 5.74) is 5.86. The first-order chi connectivity index (χ1) is 8.54. The Morgan fingerprint density at radius 3 is 2.83 bits per heavy atom. The minimum Gasteiger partial charge on any atom is -0.469 e. The minimum absolute atomic E-state index is 0.0908. The zero-order valence-corrected chi connectivity index (χ0v) is 10.0. The molecule has 0 bridgehead atoms. The Bertz CT molecular complexity index is 449. The fourth-order valence-electron chi connectivity index (χ4n) is 1.36. The van der Waals surface area contributed by atoms with Crippen molar-refractivity contribution in [2.24, 2.45) is 0 Å². The first kappa shape index (κ1) is 14.0. The summed E-state index contributed by atoms with van der Waals surface area (Å²) >= 11 is 0. The number of esters is 1. The number of carbonyl (C=O) groups excluding carboxylic acids is 2. The Hall–Kier alpha value is -2.11. The van der Waals surface area contributed by atoms with Gasteiger partial charge in [-0.05, 0) is 24.6 Å². The molecule has 6 heteroatoms. The Morgan fingerprint density at radius 1 is 1.44 bits per heavy atom. The van der Waals surface area contributed by atoms with Crippen LogP contribution in [0.25, 0.3) is 0 Å². The molecule has 0 unspecified atom stereocenters. The highest BCUT2D eigenvalue weighted by Gasteiger charge is 2.10. The number of ether oxygens (including phenoxy) is 1. The van der Waals surface area contributed by atoms with Crippen LogP contribution in [0.1, 0.15) is 23.2 Å². The number of methoxy groups -OCH3 is 1. The maximum atomic E-state index is 13.0. The van der Waals surface area contributed by atoms with Crippen molar-refractivity contribution < 1.29 is 18.7 Å². The highest BCUT2D eigenvalue weighted by atomic mass is 19.1. The molecular weight excluding hydrogens is 239 g/mol. The molecule has 1 rings (SSSR count). The molecule has 1 amide bonds. The number of nitrogen functional groups attached to an aromatic ring is 1. The predicted molar refractivity (Wildman–Crippen MR) is 64.4 cm³/mol. The molecule has 0 saturated heterocycles. The van der Waals surface area contributed by atoms with Crippen molar-refractivity contribution in [3.05, 3.63) is 29.6 Å². The van der Waals surface area contributed by atoms with Gasteiger partial charge in [-0.3, -0.25) is 9.59 Å². The maximum absolute atomic E-state index is 13.0. The second-order valence-electron chi connectivity index (χ2n) is 3.67. The van der Waals surface area contributed by atoms with E-state index in [0.717, 1.165) is 6.07 Å². The number of halogens is 1. The largest absolute Gasteiger partial charge is 0.469 e. The first-order valence-electron chi connectivity index (χ1n) is 5.44. The Labute approximate surface area is 104 Å². The van der Waals surface area contributed by atoms with Crippen LogP contribution in [0, 0.1) is 5.82 Å². The van der Waals surface area contributed by atoms with Crippen molar-refractivity contribution >= 4 is 17.6 Å². The monoisotopic (exact) mass is 254 g/mol. The summed E-state index contributed by atoms with van der Waals surface area (Å²) in [5, 5.41) is 2.55. The molecule has 3 N–H and O–H groups in total. The highest BCUT2D eigenvalue weighted by Crippen LogP contribution is 2.12. The number of carbonyl (C=O) groups is 2.